The standard InChI is InChI=1S/C18H22BFN2O3/c1-17(2)18(3,4)25-19(24-17)13-9-15(16(21)22-10-13)23-11-12-7-5-6-8-14(12)20/h5-10H,11H2,1-4H3,(H2,21,22). The summed E-state index contributed by atoms with van der Waals surface area (Å²) < 4.78 is 31.4. The number of rotatable bonds is 4. The van der Waals surface area contributed by atoms with Crippen LogP contribution in [0.15, 0.2) is 36.5 Å². The molecule has 1 aliphatic heterocycles. The van der Waals surface area contributed by atoms with Gasteiger partial charge in [0.05, 0.1) is 11.2 Å². The van der Waals surface area contributed by atoms with E-state index >= 15 is 0 Å². The van der Waals surface area contributed by atoms with Gasteiger partial charge < -0.3 is 19.8 Å². The summed E-state index contributed by atoms with van der Waals surface area (Å²) >= 11 is 0. The number of nitrogen functional groups attached to an aromatic ring is 1. The van der Waals surface area contributed by atoms with Gasteiger partial charge >= 0.3 is 7.12 Å². The van der Waals surface area contributed by atoms with Gasteiger partial charge in [-0.2, -0.15) is 0 Å². The Morgan fingerprint density at radius 3 is 2.44 bits per heavy atom. The van der Waals surface area contributed by atoms with Crippen LogP contribution in [-0.2, 0) is 15.9 Å². The molecule has 1 aromatic carbocycles. The Morgan fingerprint density at radius 2 is 1.80 bits per heavy atom. The molecule has 1 fully saturated rings. The molecule has 0 saturated carbocycles. The number of halogens is 1. The van der Waals surface area contributed by atoms with E-state index in [1.165, 1.54) is 6.07 Å². The monoisotopic (exact) mass is 344 g/mol. The van der Waals surface area contributed by atoms with E-state index in [-0.39, 0.29) is 18.2 Å². The number of hydrogen-bond donors (Lipinski definition) is 1. The van der Waals surface area contributed by atoms with Crippen molar-refractivity contribution in [3.63, 3.8) is 0 Å². The molecule has 1 aliphatic rings. The highest BCUT2D eigenvalue weighted by atomic mass is 19.1. The molecule has 0 unspecified atom stereocenters. The van der Waals surface area contributed by atoms with Gasteiger partial charge in [-0.05, 0) is 39.8 Å². The Labute approximate surface area is 147 Å². The molecule has 2 heterocycles. The Kier molecular flexibility index (Phi) is 4.47. The van der Waals surface area contributed by atoms with E-state index in [9.17, 15) is 4.39 Å². The number of pyridine rings is 1. The molecule has 0 radical (unpaired) electrons. The number of ether oxygens (including phenoxy) is 1. The molecule has 0 amide bonds. The molecule has 1 aromatic heterocycles. The summed E-state index contributed by atoms with van der Waals surface area (Å²) in [5.41, 5.74) is 6.14. The minimum absolute atomic E-state index is 0.0609. The van der Waals surface area contributed by atoms with Crippen LogP contribution in [0.5, 0.6) is 5.75 Å². The van der Waals surface area contributed by atoms with Gasteiger partial charge in [0.2, 0.25) is 0 Å². The summed E-state index contributed by atoms with van der Waals surface area (Å²) in [6.45, 7) is 7.98. The first-order valence-corrected chi connectivity index (χ1v) is 8.17. The maximum atomic E-state index is 13.7. The third-order valence-corrected chi connectivity index (χ3v) is 4.77. The summed E-state index contributed by atoms with van der Waals surface area (Å²) in [7, 11) is -0.561. The predicted molar refractivity (Wildman–Crippen MR) is 95.1 cm³/mol. The van der Waals surface area contributed by atoms with Crippen molar-refractivity contribution >= 4 is 18.4 Å². The van der Waals surface area contributed by atoms with E-state index in [1.807, 2.05) is 27.7 Å². The Bertz CT molecular complexity index is 767. The smallest absolute Gasteiger partial charge is 0.485 e. The molecule has 5 nitrogen and oxygen atoms in total. The fourth-order valence-corrected chi connectivity index (χ4v) is 2.46. The van der Waals surface area contributed by atoms with Gasteiger partial charge in [-0.3, -0.25) is 0 Å². The van der Waals surface area contributed by atoms with Crippen LogP contribution in [0.2, 0.25) is 0 Å². The fraction of sp³-hybridized carbons (Fsp3) is 0.389. The lowest BCUT2D eigenvalue weighted by Crippen LogP contribution is -2.41. The van der Waals surface area contributed by atoms with Crippen molar-refractivity contribution in [1.82, 2.24) is 4.98 Å². The second-order valence-electron chi connectivity index (χ2n) is 7.12. The second-order valence-corrected chi connectivity index (χ2v) is 7.12. The lowest BCUT2D eigenvalue weighted by atomic mass is 9.80. The zero-order chi connectivity index (χ0) is 18.2. The maximum absolute atomic E-state index is 13.7. The third kappa shape index (κ3) is 3.48. The number of nitrogens with zero attached hydrogens (tertiary/aromatic N) is 1. The minimum atomic E-state index is -0.561. The molecule has 2 N–H and O–H groups in total. The van der Waals surface area contributed by atoms with Gasteiger partial charge in [0.1, 0.15) is 12.4 Å². The van der Waals surface area contributed by atoms with Crippen LogP contribution in [0.1, 0.15) is 33.3 Å². The number of aromatic nitrogens is 1. The average Bonchev–Trinajstić information content (AvgIpc) is 2.76. The van der Waals surface area contributed by atoms with Crippen molar-refractivity contribution in [2.75, 3.05) is 5.73 Å². The van der Waals surface area contributed by atoms with Crippen LogP contribution >= 0.6 is 0 Å². The predicted octanol–water partition coefficient (Wildman–Crippen LogP) is 2.68. The first-order chi connectivity index (χ1) is 11.7. The van der Waals surface area contributed by atoms with E-state index in [0.717, 1.165) is 0 Å². The van der Waals surface area contributed by atoms with Crippen molar-refractivity contribution in [2.45, 2.75) is 45.5 Å². The van der Waals surface area contributed by atoms with E-state index in [2.05, 4.69) is 4.98 Å². The zero-order valence-corrected chi connectivity index (χ0v) is 14.9. The van der Waals surface area contributed by atoms with E-state index in [1.54, 1.807) is 30.5 Å². The number of benzene rings is 1. The molecule has 0 spiro atoms. The van der Waals surface area contributed by atoms with Gasteiger partial charge in [-0.1, -0.05) is 18.2 Å². The molecule has 0 atom stereocenters. The molecule has 1 saturated heterocycles. The van der Waals surface area contributed by atoms with Crippen molar-refractivity contribution in [3.05, 3.63) is 47.9 Å². The second kappa shape index (κ2) is 6.31. The third-order valence-electron chi connectivity index (χ3n) is 4.77. The topological polar surface area (TPSA) is 66.6 Å². The van der Waals surface area contributed by atoms with Gasteiger partial charge in [0.15, 0.2) is 11.6 Å². The molecular formula is C18H22BFN2O3. The van der Waals surface area contributed by atoms with Crippen LogP contribution in [0.25, 0.3) is 0 Å². The molecular weight excluding hydrogens is 322 g/mol. The van der Waals surface area contributed by atoms with E-state index in [0.29, 0.717) is 16.8 Å². The SMILES string of the molecule is CC1(C)OB(c2cnc(N)c(OCc3ccccc3F)c2)OC1(C)C. The average molecular weight is 344 g/mol. The quantitative estimate of drug-likeness (QED) is 0.864. The Morgan fingerprint density at radius 1 is 1.16 bits per heavy atom. The van der Waals surface area contributed by atoms with Gasteiger partial charge in [-0.25, -0.2) is 9.37 Å². The zero-order valence-electron chi connectivity index (χ0n) is 14.9. The summed E-state index contributed by atoms with van der Waals surface area (Å²) in [6.07, 6.45) is 1.60. The van der Waals surface area contributed by atoms with Crippen molar-refractivity contribution in [1.29, 1.82) is 0 Å². The highest BCUT2D eigenvalue weighted by Gasteiger charge is 2.51. The van der Waals surface area contributed by atoms with E-state index < -0.39 is 18.3 Å². The lowest BCUT2D eigenvalue weighted by molar-refractivity contribution is 0.00578. The molecule has 132 valence electrons. The van der Waals surface area contributed by atoms with Crippen LogP contribution in [-0.4, -0.2) is 23.3 Å². The van der Waals surface area contributed by atoms with Crippen LogP contribution in [0.3, 0.4) is 0 Å². The highest BCUT2D eigenvalue weighted by molar-refractivity contribution is 6.62. The van der Waals surface area contributed by atoms with Gasteiger partial charge in [0, 0.05) is 17.2 Å². The number of hydrogen-bond acceptors (Lipinski definition) is 5. The summed E-state index contributed by atoms with van der Waals surface area (Å²) in [5, 5.41) is 0. The first kappa shape index (κ1) is 17.7. The maximum Gasteiger partial charge on any atom is 0.496 e. The Hall–Kier alpha value is -2.12. The Balaban J connectivity index is 1.79. The summed E-state index contributed by atoms with van der Waals surface area (Å²) in [6, 6.07) is 8.17. The minimum Gasteiger partial charge on any atom is -0.485 e. The lowest BCUT2D eigenvalue weighted by Gasteiger charge is -2.32. The van der Waals surface area contributed by atoms with Crippen LogP contribution < -0.4 is 15.9 Å². The van der Waals surface area contributed by atoms with Gasteiger partial charge in [-0.15, -0.1) is 0 Å². The van der Waals surface area contributed by atoms with Crippen molar-refractivity contribution in [3.8, 4) is 5.75 Å². The first-order valence-electron chi connectivity index (χ1n) is 8.17. The van der Waals surface area contributed by atoms with E-state index in [4.69, 9.17) is 19.8 Å². The molecule has 0 bridgehead atoms. The van der Waals surface area contributed by atoms with Crippen LogP contribution in [0.4, 0.5) is 10.2 Å². The molecule has 0 aliphatic carbocycles. The van der Waals surface area contributed by atoms with Gasteiger partial charge in [0.25, 0.3) is 0 Å². The molecule has 7 heteroatoms. The van der Waals surface area contributed by atoms with Crippen molar-refractivity contribution < 1.29 is 18.4 Å². The molecule has 2 aromatic rings. The summed E-state index contributed by atoms with van der Waals surface area (Å²) in [5.74, 6) is 0.281. The number of anilines is 1. The summed E-state index contributed by atoms with van der Waals surface area (Å²) in [4.78, 5) is 4.15. The molecule has 3 rings (SSSR count). The fourth-order valence-electron chi connectivity index (χ4n) is 2.46. The van der Waals surface area contributed by atoms with Crippen molar-refractivity contribution in [2.24, 2.45) is 0 Å². The largest absolute Gasteiger partial charge is 0.496 e. The molecule has 25 heavy (non-hydrogen) atoms. The normalized spacial score (nSPS) is 18.4. The number of nitrogens with two attached hydrogens (primary N) is 1. The van der Waals surface area contributed by atoms with Crippen LogP contribution in [0, 0.1) is 5.82 Å². The highest BCUT2D eigenvalue weighted by Crippen LogP contribution is 2.36.